The molecule has 3 atom stereocenters. The Bertz CT molecular complexity index is 876. The van der Waals surface area contributed by atoms with Crippen LogP contribution in [-0.2, 0) is 15.0 Å². The van der Waals surface area contributed by atoms with Gasteiger partial charge in [0, 0.05) is 25.3 Å². The summed E-state index contributed by atoms with van der Waals surface area (Å²) in [7, 11) is 0. The highest BCUT2D eigenvalue weighted by atomic mass is 19.1. The van der Waals surface area contributed by atoms with E-state index in [-0.39, 0.29) is 23.6 Å². The van der Waals surface area contributed by atoms with Crippen molar-refractivity contribution in [2.45, 2.75) is 24.3 Å². The molecular weight excluding hydrogens is 349 g/mol. The van der Waals surface area contributed by atoms with Crippen molar-refractivity contribution in [1.29, 1.82) is 0 Å². The lowest BCUT2D eigenvalue weighted by atomic mass is 9.93. The number of carboxylic acid groups (broad SMARTS) is 1. The van der Waals surface area contributed by atoms with E-state index in [1.165, 1.54) is 18.3 Å². The number of hydrogen-bond acceptors (Lipinski definition) is 4. The normalized spacial score (nSPS) is 26.6. The molecule has 1 saturated heterocycles. The van der Waals surface area contributed by atoms with Gasteiger partial charge in [-0.05, 0) is 30.5 Å². The van der Waals surface area contributed by atoms with E-state index in [1.807, 2.05) is 6.07 Å². The number of rotatable bonds is 5. The van der Waals surface area contributed by atoms with Gasteiger partial charge >= 0.3 is 5.97 Å². The molecular formula is C20H20FN3O3. The second kappa shape index (κ2) is 6.64. The second-order valence-corrected chi connectivity index (χ2v) is 7.15. The van der Waals surface area contributed by atoms with Gasteiger partial charge in [-0.15, -0.1) is 0 Å². The molecule has 6 nitrogen and oxygen atoms in total. The quantitative estimate of drug-likeness (QED) is 0.842. The number of pyridine rings is 1. The van der Waals surface area contributed by atoms with Crippen LogP contribution in [-0.4, -0.2) is 41.1 Å². The predicted molar refractivity (Wildman–Crippen MR) is 96.8 cm³/mol. The summed E-state index contributed by atoms with van der Waals surface area (Å²) in [6.07, 6.45) is 2.50. The number of halogens is 1. The summed E-state index contributed by atoms with van der Waals surface area (Å²) in [4.78, 5) is 30.4. The van der Waals surface area contributed by atoms with Gasteiger partial charge in [0.2, 0.25) is 5.91 Å². The van der Waals surface area contributed by atoms with Crippen molar-refractivity contribution < 1.29 is 19.1 Å². The Labute approximate surface area is 156 Å². The van der Waals surface area contributed by atoms with Crippen LogP contribution >= 0.6 is 0 Å². The fourth-order valence-corrected chi connectivity index (χ4v) is 3.98. The van der Waals surface area contributed by atoms with E-state index in [1.54, 1.807) is 29.2 Å². The number of anilines is 1. The Morgan fingerprint density at radius 1 is 1.22 bits per heavy atom. The molecule has 2 N–H and O–H groups in total. The van der Waals surface area contributed by atoms with E-state index >= 15 is 0 Å². The van der Waals surface area contributed by atoms with Crippen molar-refractivity contribution in [3.8, 4) is 0 Å². The lowest BCUT2D eigenvalue weighted by Crippen LogP contribution is -2.40. The third-order valence-corrected chi connectivity index (χ3v) is 5.52. The number of amides is 1. The highest BCUT2D eigenvalue weighted by Crippen LogP contribution is 2.54. The number of aromatic nitrogens is 1. The number of aliphatic carboxylic acids is 1. The van der Waals surface area contributed by atoms with Crippen LogP contribution in [0.3, 0.4) is 0 Å². The first-order valence-corrected chi connectivity index (χ1v) is 8.97. The molecule has 2 aliphatic rings. The monoisotopic (exact) mass is 369 g/mol. The van der Waals surface area contributed by atoms with Gasteiger partial charge in [0.25, 0.3) is 0 Å². The van der Waals surface area contributed by atoms with Gasteiger partial charge in [0.15, 0.2) is 11.6 Å². The summed E-state index contributed by atoms with van der Waals surface area (Å²) in [5, 5.41) is 12.7. The summed E-state index contributed by atoms with van der Waals surface area (Å²) in [5.74, 6) is -1.92. The Balaban J connectivity index is 1.42. The third kappa shape index (κ3) is 3.03. The molecule has 1 saturated carbocycles. The fourth-order valence-electron chi connectivity index (χ4n) is 3.98. The lowest BCUT2D eigenvalue weighted by Gasteiger charge is -2.19. The predicted octanol–water partition coefficient (Wildman–Crippen LogP) is 1.96. The molecule has 4 rings (SSSR count). The fraction of sp³-hybridized carbons (Fsp3) is 0.350. The number of carbonyl (C=O) groups excluding carboxylic acids is 1. The first-order chi connectivity index (χ1) is 13.0. The number of nitrogens with zero attached hydrogens (tertiary/aromatic N) is 2. The molecule has 1 aliphatic carbocycles. The highest BCUT2D eigenvalue weighted by Gasteiger charge is 2.65. The summed E-state index contributed by atoms with van der Waals surface area (Å²) >= 11 is 0. The average Bonchev–Trinajstić information content (AvgIpc) is 3.29. The van der Waals surface area contributed by atoms with Crippen LogP contribution in [0, 0.1) is 11.7 Å². The van der Waals surface area contributed by atoms with E-state index < -0.39 is 17.3 Å². The SMILES string of the molecule is O=C(NC1CCN(c2ncccc2F)C1)[C@H]1C[C@]1(C(=O)O)c1ccccc1. The van der Waals surface area contributed by atoms with Crippen LogP contribution in [0.1, 0.15) is 18.4 Å². The topological polar surface area (TPSA) is 82.5 Å². The zero-order valence-corrected chi connectivity index (χ0v) is 14.6. The number of hydrogen-bond donors (Lipinski definition) is 2. The zero-order chi connectivity index (χ0) is 19.0. The molecule has 2 heterocycles. The molecule has 0 spiro atoms. The summed E-state index contributed by atoms with van der Waals surface area (Å²) in [6.45, 7) is 1.05. The van der Waals surface area contributed by atoms with Crippen molar-refractivity contribution >= 4 is 17.7 Å². The van der Waals surface area contributed by atoms with Crippen LogP contribution in [0.25, 0.3) is 0 Å². The third-order valence-electron chi connectivity index (χ3n) is 5.52. The molecule has 1 amide bonds. The largest absolute Gasteiger partial charge is 0.481 e. The molecule has 1 unspecified atom stereocenters. The first kappa shape index (κ1) is 17.5. The number of carboxylic acids is 1. The van der Waals surface area contributed by atoms with E-state index in [2.05, 4.69) is 10.3 Å². The van der Waals surface area contributed by atoms with Crippen LogP contribution < -0.4 is 10.2 Å². The summed E-state index contributed by atoms with van der Waals surface area (Å²) < 4.78 is 13.9. The molecule has 1 aromatic heterocycles. The minimum Gasteiger partial charge on any atom is -0.481 e. The Morgan fingerprint density at radius 3 is 2.70 bits per heavy atom. The van der Waals surface area contributed by atoms with Gasteiger partial charge in [-0.1, -0.05) is 30.3 Å². The van der Waals surface area contributed by atoms with Gasteiger partial charge in [-0.25, -0.2) is 9.37 Å². The first-order valence-electron chi connectivity index (χ1n) is 8.97. The minimum atomic E-state index is -1.14. The van der Waals surface area contributed by atoms with E-state index in [9.17, 15) is 19.1 Å². The number of nitrogens with one attached hydrogen (secondary N) is 1. The minimum absolute atomic E-state index is 0.151. The van der Waals surface area contributed by atoms with Crippen LogP contribution in [0.15, 0.2) is 48.7 Å². The van der Waals surface area contributed by atoms with E-state index in [0.717, 1.165) is 0 Å². The Morgan fingerprint density at radius 2 is 2.00 bits per heavy atom. The molecule has 140 valence electrons. The lowest BCUT2D eigenvalue weighted by molar-refractivity contribution is -0.142. The zero-order valence-electron chi connectivity index (χ0n) is 14.6. The molecule has 1 aromatic carbocycles. The van der Waals surface area contributed by atoms with Crippen molar-refractivity contribution in [3.05, 3.63) is 60.0 Å². The van der Waals surface area contributed by atoms with Crippen LogP contribution in [0.5, 0.6) is 0 Å². The maximum atomic E-state index is 13.9. The molecule has 1 aliphatic heterocycles. The number of benzene rings is 1. The average molecular weight is 369 g/mol. The molecule has 2 aromatic rings. The van der Waals surface area contributed by atoms with Crippen molar-refractivity contribution in [1.82, 2.24) is 10.3 Å². The van der Waals surface area contributed by atoms with Crippen LogP contribution in [0.4, 0.5) is 10.2 Å². The molecule has 7 heteroatoms. The standard InChI is InChI=1S/C20H20FN3O3/c21-16-7-4-9-22-17(16)24-10-8-14(12-24)23-18(25)15-11-20(15,19(26)27)13-5-2-1-3-6-13/h1-7,9,14-15H,8,10-12H2,(H,23,25)(H,26,27)/t14?,15-,20+/m1/s1. The Kier molecular flexibility index (Phi) is 4.30. The molecule has 0 radical (unpaired) electrons. The summed E-state index contributed by atoms with van der Waals surface area (Å²) in [5.41, 5.74) is -0.488. The molecule has 2 fully saturated rings. The van der Waals surface area contributed by atoms with Gasteiger partial charge in [0.05, 0.1) is 5.92 Å². The van der Waals surface area contributed by atoms with Crippen molar-refractivity contribution in [2.24, 2.45) is 5.92 Å². The summed E-state index contributed by atoms with van der Waals surface area (Å²) in [6, 6.07) is 11.6. The number of carbonyl (C=O) groups is 2. The maximum absolute atomic E-state index is 13.9. The van der Waals surface area contributed by atoms with Crippen LogP contribution in [0.2, 0.25) is 0 Å². The highest BCUT2D eigenvalue weighted by molar-refractivity contribution is 5.97. The maximum Gasteiger partial charge on any atom is 0.314 e. The molecule has 27 heavy (non-hydrogen) atoms. The van der Waals surface area contributed by atoms with E-state index in [4.69, 9.17) is 0 Å². The smallest absolute Gasteiger partial charge is 0.314 e. The second-order valence-electron chi connectivity index (χ2n) is 7.15. The van der Waals surface area contributed by atoms with Gasteiger partial charge < -0.3 is 15.3 Å². The molecule has 0 bridgehead atoms. The Hall–Kier alpha value is -2.96. The van der Waals surface area contributed by atoms with Gasteiger partial charge in [0.1, 0.15) is 5.41 Å². The van der Waals surface area contributed by atoms with Gasteiger partial charge in [-0.3, -0.25) is 9.59 Å². The van der Waals surface area contributed by atoms with Gasteiger partial charge in [-0.2, -0.15) is 0 Å². The van der Waals surface area contributed by atoms with Crippen molar-refractivity contribution in [2.75, 3.05) is 18.0 Å². The van der Waals surface area contributed by atoms with E-state index in [0.29, 0.717) is 31.5 Å². The van der Waals surface area contributed by atoms with Crippen molar-refractivity contribution in [3.63, 3.8) is 0 Å².